The highest BCUT2D eigenvalue weighted by molar-refractivity contribution is 6.32. The zero-order chi connectivity index (χ0) is 22.1. The Morgan fingerprint density at radius 2 is 1.67 bits per heavy atom. The lowest BCUT2D eigenvalue weighted by Gasteiger charge is -2.16. The minimum atomic E-state index is -1.17. The quantitative estimate of drug-likeness (QED) is 0.535. The summed E-state index contributed by atoms with van der Waals surface area (Å²) in [5, 5.41) is 15.1. The van der Waals surface area contributed by atoms with Crippen LogP contribution in [0.5, 0.6) is 5.75 Å². The molecule has 0 aliphatic carbocycles. The first-order valence-corrected chi connectivity index (χ1v) is 9.86. The Hall–Kier alpha value is -3.06. The van der Waals surface area contributed by atoms with E-state index in [-0.39, 0.29) is 31.2 Å². The second-order valence-electron chi connectivity index (χ2n) is 6.83. The fourth-order valence-electron chi connectivity index (χ4n) is 2.90. The van der Waals surface area contributed by atoms with Gasteiger partial charge in [0.2, 0.25) is 11.8 Å². The fraction of sp³-hybridized carbons (Fsp3) is 0.318. The van der Waals surface area contributed by atoms with Crippen LogP contribution < -0.4 is 15.4 Å². The number of aliphatic carboxylic acids is 1. The molecule has 160 valence electrons. The van der Waals surface area contributed by atoms with Gasteiger partial charge in [-0.2, -0.15) is 0 Å². The maximum Gasteiger partial charge on any atom is 0.326 e. The molecular weight excluding hydrogens is 408 g/mol. The van der Waals surface area contributed by atoms with Crippen molar-refractivity contribution < 1.29 is 24.2 Å². The molecule has 2 amide bonds. The van der Waals surface area contributed by atoms with Crippen molar-refractivity contribution in [2.45, 2.75) is 38.3 Å². The summed E-state index contributed by atoms with van der Waals surface area (Å²) in [7, 11) is 1.48. The fourth-order valence-corrected chi connectivity index (χ4v) is 3.19. The minimum Gasteiger partial charge on any atom is -0.495 e. The second-order valence-corrected chi connectivity index (χ2v) is 7.24. The Labute approximate surface area is 180 Å². The minimum absolute atomic E-state index is 0.0380. The van der Waals surface area contributed by atoms with Gasteiger partial charge in [0.05, 0.1) is 18.2 Å². The molecule has 8 heteroatoms. The highest BCUT2D eigenvalue weighted by Gasteiger charge is 2.21. The number of hydrogen-bond acceptors (Lipinski definition) is 4. The number of halogens is 1. The van der Waals surface area contributed by atoms with E-state index in [0.29, 0.717) is 16.3 Å². The van der Waals surface area contributed by atoms with Crippen molar-refractivity contribution in [3.05, 3.63) is 64.7 Å². The number of carbonyl (C=O) groups is 3. The summed E-state index contributed by atoms with van der Waals surface area (Å²) in [6.45, 7) is 1.85. The maximum absolute atomic E-state index is 12.2. The van der Waals surface area contributed by atoms with Gasteiger partial charge < -0.3 is 20.5 Å². The average Bonchev–Trinajstić information content (AvgIpc) is 2.72. The molecule has 0 heterocycles. The maximum atomic E-state index is 12.2. The molecule has 0 aliphatic rings. The number of carboxylic acid groups (broad SMARTS) is 1. The molecule has 0 aliphatic heterocycles. The van der Waals surface area contributed by atoms with Gasteiger partial charge >= 0.3 is 5.97 Å². The van der Waals surface area contributed by atoms with E-state index in [0.717, 1.165) is 5.56 Å². The molecule has 3 N–H and O–H groups in total. The van der Waals surface area contributed by atoms with Crippen LogP contribution in [0.15, 0.2) is 48.5 Å². The van der Waals surface area contributed by atoms with Gasteiger partial charge in [-0.1, -0.05) is 48.0 Å². The lowest BCUT2D eigenvalue weighted by molar-refractivity contribution is -0.141. The van der Waals surface area contributed by atoms with Crippen LogP contribution in [0.2, 0.25) is 5.02 Å². The van der Waals surface area contributed by atoms with Crippen molar-refractivity contribution in [2.24, 2.45) is 0 Å². The first kappa shape index (κ1) is 23.2. The van der Waals surface area contributed by atoms with Crippen molar-refractivity contribution in [2.75, 3.05) is 7.11 Å². The van der Waals surface area contributed by atoms with Gasteiger partial charge in [0.25, 0.3) is 0 Å². The summed E-state index contributed by atoms with van der Waals surface area (Å²) in [5.74, 6) is -1.48. The molecule has 0 unspecified atom stereocenters. The molecule has 0 saturated carbocycles. The molecule has 2 rings (SSSR count). The third-order valence-electron chi connectivity index (χ3n) is 4.55. The second kappa shape index (κ2) is 11.2. The van der Waals surface area contributed by atoms with Crippen molar-refractivity contribution in [3.63, 3.8) is 0 Å². The Kier molecular flexibility index (Phi) is 8.68. The summed E-state index contributed by atoms with van der Waals surface area (Å²) >= 11 is 6.06. The zero-order valence-corrected chi connectivity index (χ0v) is 17.6. The predicted molar refractivity (Wildman–Crippen MR) is 114 cm³/mol. The Balaban J connectivity index is 1.85. The molecule has 30 heavy (non-hydrogen) atoms. The number of nitrogens with one attached hydrogen (secondary N) is 2. The van der Waals surface area contributed by atoms with Crippen LogP contribution in [0.3, 0.4) is 0 Å². The van der Waals surface area contributed by atoms with Gasteiger partial charge in [-0.25, -0.2) is 4.79 Å². The summed E-state index contributed by atoms with van der Waals surface area (Å²) < 4.78 is 5.07. The van der Waals surface area contributed by atoms with Crippen LogP contribution >= 0.6 is 11.6 Å². The van der Waals surface area contributed by atoms with E-state index < -0.39 is 17.9 Å². The Morgan fingerprint density at radius 1 is 1.03 bits per heavy atom. The largest absolute Gasteiger partial charge is 0.495 e. The summed E-state index contributed by atoms with van der Waals surface area (Å²) in [5.41, 5.74) is 1.60. The van der Waals surface area contributed by atoms with Gasteiger partial charge in [-0.05, 0) is 30.2 Å². The highest BCUT2D eigenvalue weighted by atomic mass is 35.5. The van der Waals surface area contributed by atoms with E-state index >= 15 is 0 Å². The van der Waals surface area contributed by atoms with Crippen molar-refractivity contribution >= 4 is 29.4 Å². The molecule has 0 saturated heterocycles. The number of benzene rings is 2. The molecule has 2 aromatic rings. The number of carboxylic acids is 1. The summed E-state index contributed by atoms with van der Waals surface area (Å²) in [4.78, 5) is 35.8. The van der Waals surface area contributed by atoms with Crippen LogP contribution in [0.4, 0.5) is 0 Å². The van der Waals surface area contributed by atoms with Gasteiger partial charge in [0.15, 0.2) is 0 Å². The van der Waals surface area contributed by atoms with Gasteiger partial charge in [0, 0.05) is 19.3 Å². The normalized spacial score (nSPS) is 12.5. The van der Waals surface area contributed by atoms with Crippen molar-refractivity contribution in [1.29, 1.82) is 0 Å². The summed E-state index contributed by atoms with van der Waals surface area (Å²) in [6, 6.07) is 13.1. The van der Waals surface area contributed by atoms with Crippen LogP contribution in [0.25, 0.3) is 0 Å². The Morgan fingerprint density at radius 3 is 2.23 bits per heavy atom. The van der Waals surface area contributed by atoms with E-state index in [9.17, 15) is 19.5 Å². The number of ether oxygens (including phenoxy) is 1. The third-order valence-corrected chi connectivity index (χ3v) is 4.84. The SMILES string of the molecule is COc1ccc(C[C@@H](NC(=O)CCC(=O)N[C@H](C)c2ccccc2)C(=O)O)cc1Cl. The molecule has 0 fully saturated rings. The number of rotatable bonds is 10. The van der Waals surface area contributed by atoms with Gasteiger partial charge in [0.1, 0.15) is 11.8 Å². The lowest BCUT2D eigenvalue weighted by atomic mass is 10.1. The van der Waals surface area contributed by atoms with E-state index in [4.69, 9.17) is 16.3 Å². The standard InChI is InChI=1S/C22H25ClN2O5/c1-14(16-6-4-3-5-7-16)24-20(26)10-11-21(27)25-18(22(28)29)13-15-8-9-19(30-2)17(23)12-15/h3-9,12,14,18H,10-11,13H2,1-2H3,(H,24,26)(H,25,27)(H,28,29)/t14-,18-/m1/s1. The lowest BCUT2D eigenvalue weighted by Crippen LogP contribution is -2.42. The monoisotopic (exact) mass is 432 g/mol. The van der Waals surface area contributed by atoms with Crippen molar-refractivity contribution in [1.82, 2.24) is 10.6 Å². The van der Waals surface area contributed by atoms with Gasteiger partial charge in [-0.15, -0.1) is 0 Å². The first-order chi connectivity index (χ1) is 14.3. The smallest absolute Gasteiger partial charge is 0.326 e. The van der Waals surface area contributed by atoms with E-state index in [1.807, 2.05) is 37.3 Å². The molecule has 2 aromatic carbocycles. The van der Waals surface area contributed by atoms with E-state index in [2.05, 4.69) is 10.6 Å². The molecule has 2 atom stereocenters. The molecule has 0 bridgehead atoms. The van der Waals surface area contributed by atoms with Crippen LogP contribution in [0, 0.1) is 0 Å². The number of carbonyl (C=O) groups excluding carboxylic acids is 2. The average molecular weight is 433 g/mol. The number of methoxy groups -OCH3 is 1. The van der Waals surface area contributed by atoms with Crippen molar-refractivity contribution in [3.8, 4) is 5.75 Å². The van der Waals surface area contributed by atoms with Gasteiger partial charge in [-0.3, -0.25) is 9.59 Å². The molecule has 0 radical (unpaired) electrons. The zero-order valence-electron chi connectivity index (χ0n) is 16.9. The highest BCUT2D eigenvalue weighted by Crippen LogP contribution is 2.25. The first-order valence-electron chi connectivity index (χ1n) is 9.49. The Bertz CT molecular complexity index is 888. The number of hydrogen-bond donors (Lipinski definition) is 3. The summed E-state index contributed by atoms with van der Waals surface area (Å²) in [6.07, 6.45) is -0.0910. The van der Waals surface area contributed by atoms with Crippen LogP contribution in [0.1, 0.15) is 36.9 Å². The van der Waals surface area contributed by atoms with E-state index in [1.54, 1.807) is 18.2 Å². The topological polar surface area (TPSA) is 105 Å². The van der Waals surface area contributed by atoms with E-state index in [1.165, 1.54) is 7.11 Å². The molecular formula is C22H25ClN2O5. The third kappa shape index (κ3) is 7.08. The van der Waals surface area contributed by atoms with Crippen LogP contribution in [-0.4, -0.2) is 36.0 Å². The predicted octanol–water partition coefficient (Wildman–Crippen LogP) is 3.12. The molecule has 0 spiro atoms. The number of amides is 2. The van der Waals surface area contributed by atoms with Crippen LogP contribution in [-0.2, 0) is 20.8 Å². The molecule has 7 nitrogen and oxygen atoms in total. The molecule has 0 aromatic heterocycles.